The van der Waals surface area contributed by atoms with Gasteiger partial charge in [0.1, 0.15) is 23.9 Å². The number of ketones is 1. The Morgan fingerprint density at radius 1 is 1.18 bits per heavy atom. The van der Waals surface area contributed by atoms with E-state index in [9.17, 15) is 14.7 Å². The highest BCUT2D eigenvalue weighted by atomic mass is 35.5. The van der Waals surface area contributed by atoms with Crippen molar-refractivity contribution >= 4 is 29.1 Å². The molecule has 1 heterocycles. The summed E-state index contributed by atoms with van der Waals surface area (Å²) in [7, 11) is 1.51. The van der Waals surface area contributed by atoms with Gasteiger partial charge in [-0.2, -0.15) is 0 Å². The maximum atomic E-state index is 13.1. The normalized spacial score (nSPS) is 17.3. The topological polar surface area (TPSA) is 85.3 Å². The number of halogens is 1. The molecule has 2 aromatic carbocycles. The minimum absolute atomic E-state index is 0.0625. The molecule has 0 bridgehead atoms. The number of carbonyl (C=O) groups excluding carboxylic acids is 2. The van der Waals surface area contributed by atoms with Gasteiger partial charge >= 0.3 is 0 Å². The zero-order valence-corrected chi connectivity index (χ0v) is 19.3. The van der Waals surface area contributed by atoms with Crippen molar-refractivity contribution in [2.45, 2.75) is 13.0 Å². The van der Waals surface area contributed by atoms with Crippen LogP contribution in [0.15, 0.2) is 60.7 Å². The van der Waals surface area contributed by atoms with E-state index in [1.165, 1.54) is 12.0 Å². The summed E-state index contributed by atoms with van der Waals surface area (Å²) >= 11 is 6.34. The number of likely N-dealkylation sites (tertiary alicyclic amines) is 1. The van der Waals surface area contributed by atoms with Gasteiger partial charge in [-0.1, -0.05) is 36.4 Å². The van der Waals surface area contributed by atoms with E-state index in [1.807, 2.05) is 6.92 Å². The summed E-state index contributed by atoms with van der Waals surface area (Å²) in [5.41, 5.74) is 0.745. The first-order valence-electron chi connectivity index (χ1n) is 10.5. The van der Waals surface area contributed by atoms with Crippen molar-refractivity contribution < 1.29 is 28.9 Å². The van der Waals surface area contributed by atoms with Crippen LogP contribution in [0.2, 0.25) is 5.02 Å². The molecule has 1 aliphatic rings. The van der Waals surface area contributed by atoms with E-state index in [1.54, 1.807) is 48.5 Å². The van der Waals surface area contributed by atoms with Crippen LogP contribution in [0.4, 0.5) is 0 Å². The lowest BCUT2D eigenvalue weighted by Crippen LogP contribution is -2.32. The molecule has 174 valence electrons. The van der Waals surface area contributed by atoms with E-state index in [4.69, 9.17) is 25.8 Å². The molecular weight excluding hydrogens is 446 g/mol. The van der Waals surface area contributed by atoms with Crippen LogP contribution in [0.5, 0.6) is 11.5 Å². The second-order valence-electron chi connectivity index (χ2n) is 7.23. The number of nitrogens with zero attached hydrogens (tertiary/aromatic N) is 1. The monoisotopic (exact) mass is 471 g/mol. The highest BCUT2D eigenvalue weighted by Crippen LogP contribution is 2.41. The molecule has 1 amide bonds. The molecule has 0 aliphatic carbocycles. The lowest BCUT2D eigenvalue weighted by atomic mass is 9.95. The zero-order chi connectivity index (χ0) is 24.0. The van der Waals surface area contributed by atoms with Crippen LogP contribution in [-0.2, 0) is 14.3 Å². The molecule has 1 atom stereocenters. The van der Waals surface area contributed by atoms with Crippen LogP contribution in [0.25, 0.3) is 5.76 Å². The van der Waals surface area contributed by atoms with Crippen molar-refractivity contribution in [2.75, 3.05) is 33.5 Å². The Kier molecular flexibility index (Phi) is 8.14. The summed E-state index contributed by atoms with van der Waals surface area (Å²) in [6.07, 6.45) is 1.62. The Morgan fingerprint density at radius 2 is 1.94 bits per heavy atom. The molecule has 8 heteroatoms. The quantitative estimate of drug-likeness (QED) is 0.240. The number of methoxy groups -OCH3 is 1. The van der Waals surface area contributed by atoms with Gasteiger partial charge in [0, 0.05) is 19.2 Å². The van der Waals surface area contributed by atoms with Crippen LogP contribution in [0, 0.1) is 0 Å². The molecule has 33 heavy (non-hydrogen) atoms. The number of Topliss-reactive ketones (excluding diaryl/α,β-unsaturated/α-hetero) is 1. The maximum Gasteiger partial charge on any atom is 0.295 e. The van der Waals surface area contributed by atoms with Gasteiger partial charge < -0.3 is 24.2 Å². The number of hydrogen-bond donors (Lipinski definition) is 1. The molecule has 0 aromatic heterocycles. The first-order chi connectivity index (χ1) is 15.9. The Hall–Kier alpha value is -3.29. The van der Waals surface area contributed by atoms with Gasteiger partial charge in [-0.15, -0.1) is 0 Å². The van der Waals surface area contributed by atoms with Crippen LogP contribution in [0.1, 0.15) is 24.1 Å². The van der Waals surface area contributed by atoms with Crippen LogP contribution < -0.4 is 9.47 Å². The minimum atomic E-state index is -0.848. The largest absolute Gasteiger partial charge is 0.507 e. The molecule has 1 fully saturated rings. The average Bonchev–Trinajstić information content (AvgIpc) is 3.07. The minimum Gasteiger partial charge on any atom is -0.507 e. The number of aliphatic hydroxyl groups excluding tert-OH is 1. The zero-order valence-electron chi connectivity index (χ0n) is 18.5. The van der Waals surface area contributed by atoms with Crippen molar-refractivity contribution in [1.29, 1.82) is 0 Å². The lowest BCUT2D eigenvalue weighted by molar-refractivity contribution is -0.140. The van der Waals surface area contributed by atoms with Gasteiger partial charge in [-0.3, -0.25) is 9.59 Å². The van der Waals surface area contributed by atoms with E-state index in [-0.39, 0.29) is 35.1 Å². The number of rotatable bonds is 10. The predicted molar refractivity (Wildman–Crippen MR) is 126 cm³/mol. The van der Waals surface area contributed by atoms with E-state index in [2.05, 4.69) is 6.58 Å². The molecule has 3 rings (SSSR count). The summed E-state index contributed by atoms with van der Waals surface area (Å²) in [6, 6.07) is 10.9. The van der Waals surface area contributed by atoms with E-state index >= 15 is 0 Å². The molecule has 1 saturated heterocycles. The standard InChI is InChI=1S/C25H26ClNO6/c1-4-12-33-17-8-6-7-16(14-17)22-21(24(29)25(30)27(22)11-13-31-3)23(28)19-15-18(32-5-2)9-10-20(19)26/h4,6-10,14-15,22,28H,1,5,11-13H2,2-3H3/b23-21+. The number of benzene rings is 2. The summed E-state index contributed by atoms with van der Waals surface area (Å²) in [4.78, 5) is 27.4. The smallest absolute Gasteiger partial charge is 0.295 e. The molecule has 1 unspecified atom stereocenters. The fourth-order valence-corrected chi connectivity index (χ4v) is 3.87. The van der Waals surface area contributed by atoms with Crippen LogP contribution in [0.3, 0.4) is 0 Å². The molecule has 1 aliphatic heterocycles. The Balaban J connectivity index is 2.17. The van der Waals surface area contributed by atoms with E-state index in [0.717, 1.165) is 0 Å². The molecule has 0 radical (unpaired) electrons. The third kappa shape index (κ3) is 5.21. The van der Waals surface area contributed by atoms with Crippen LogP contribution in [-0.4, -0.2) is 55.2 Å². The van der Waals surface area contributed by atoms with Crippen molar-refractivity contribution in [2.24, 2.45) is 0 Å². The van der Waals surface area contributed by atoms with Gasteiger partial charge in [0.25, 0.3) is 11.7 Å². The third-order valence-electron chi connectivity index (χ3n) is 5.12. The first-order valence-corrected chi connectivity index (χ1v) is 10.8. The Labute approximate surface area is 197 Å². The molecule has 2 aromatic rings. The average molecular weight is 472 g/mol. The Morgan fingerprint density at radius 3 is 2.64 bits per heavy atom. The van der Waals surface area contributed by atoms with Gasteiger partial charge in [-0.05, 0) is 42.8 Å². The van der Waals surface area contributed by atoms with Crippen molar-refractivity contribution in [3.8, 4) is 11.5 Å². The second-order valence-corrected chi connectivity index (χ2v) is 7.64. The molecule has 7 nitrogen and oxygen atoms in total. The van der Waals surface area contributed by atoms with Crippen molar-refractivity contribution in [3.63, 3.8) is 0 Å². The molecular formula is C25H26ClNO6. The van der Waals surface area contributed by atoms with Gasteiger partial charge in [0.15, 0.2) is 0 Å². The number of ether oxygens (including phenoxy) is 3. The Bertz CT molecular complexity index is 1080. The first kappa shape index (κ1) is 24.4. The van der Waals surface area contributed by atoms with E-state index < -0.39 is 17.7 Å². The van der Waals surface area contributed by atoms with Gasteiger partial charge in [0.2, 0.25) is 0 Å². The fraction of sp³-hybridized carbons (Fsp3) is 0.280. The van der Waals surface area contributed by atoms with Crippen LogP contribution >= 0.6 is 11.6 Å². The predicted octanol–water partition coefficient (Wildman–Crippen LogP) is 4.37. The second kappa shape index (κ2) is 11.0. The number of aliphatic hydroxyl groups is 1. The molecule has 0 saturated carbocycles. The highest BCUT2D eigenvalue weighted by molar-refractivity contribution is 6.47. The van der Waals surface area contributed by atoms with E-state index in [0.29, 0.717) is 30.3 Å². The summed E-state index contributed by atoms with van der Waals surface area (Å²) in [6.45, 7) is 6.56. The molecule has 1 N–H and O–H groups in total. The summed E-state index contributed by atoms with van der Waals surface area (Å²) < 4.78 is 16.3. The van der Waals surface area contributed by atoms with Gasteiger partial charge in [0.05, 0.1) is 29.9 Å². The summed E-state index contributed by atoms with van der Waals surface area (Å²) in [5, 5.41) is 11.5. The lowest BCUT2D eigenvalue weighted by Gasteiger charge is -2.25. The number of carbonyl (C=O) groups is 2. The number of hydrogen-bond acceptors (Lipinski definition) is 6. The number of amides is 1. The van der Waals surface area contributed by atoms with Crippen molar-refractivity contribution in [3.05, 3.63) is 76.8 Å². The van der Waals surface area contributed by atoms with Gasteiger partial charge in [-0.25, -0.2) is 0 Å². The summed E-state index contributed by atoms with van der Waals surface area (Å²) in [5.74, 6) is -0.881. The van der Waals surface area contributed by atoms with Crippen molar-refractivity contribution in [1.82, 2.24) is 4.90 Å². The maximum absolute atomic E-state index is 13.1. The SMILES string of the molecule is C=CCOc1cccc(C2/C(=C(\O)c3cc(OCC)ccc3Cl)C(=O)C(=O)N2CCOC)c1. The third-order valence-corrected chi connectivity index (χ3v) is 5.45. The molecule has 0 spiro atoms. The highest BCUT2D eigenvalue weighted by Gasteiger charge is 2.46. The fourth-order valence-electron chi connectivity index (χ4n) is 3.66.